The number of primary amides is 1. The fraction of sp³-hybridized carbons (Fsp3) is 0.462. The van der Waals surface area contributed by atoms with Crippen LogP contribution in [0.15, 0.2) is 6.08 Å². The molecule has 19 heavy (non-hydrogen) atoms. The number of anilines is 1. The second-order valence-electron chi connectivity index (χ2n) is 5.36. The predicted octanol–water partition coefficient (Wildman–Crippen LogP) is 0.484. The van der Waals surface area contributed by atoms with Gasteiger partial charge in [-0.1, -0.05) is 6.08 Å². The third kappa shape index (κ3) is 1.75. The van der Waals surface area contributed by atoms with Crippen LogP contribution in [0, 0.1) is 11.8 Å². The Morgan fingerprint density at radius 2 is 2.16 bits per heavy atom. The number of hydrogen-bond donors (Lipinski definition) is 2. The SMILES string of the molecule is Cn1nc(C2=CC3CC(=O)CC3C2)c(C(N)=O)c1N. The molecule has 1 heterocycles. The van der Waals surface area contributed by atoms with E-state index in [0.29, 0.717) is 35.8 Å². The molecule has 0 saturated heterocycles. The van der Waals surface area contributed by atoms with Crippen molar-refractivity contribution in [1.82, 2.24) is 9.78 Å². The summed E-state index contributed by atoms with van der Waals surface area (Å²) in [5.41, 5.74) is 13.1. The van der Waals surface area contributed by atoms with Gasteiger partial charge in [0.1, 0.15) is 22.9 Å². The lowest BCUT2D eigenvalue weighted by Crippen LogP contribution is -2.14. The number of nitrogens with two attached hydrogens (primary N) is 2. The molecule has 1 aromatic heterocycles. The molecule has 1 saturated carbocycles. The Hall–Kier alpha value is -2.11. The summed E-state index contributed by atoms with van der Waals surface area (Å²) in [7, 11) is 1.69. The lowest BCUT2D eigenvalue weighted by molar-refractivity contribution is -0.117. The first-order chi connectivity index (χ1) is 8.97. The van der Waals surface area contributed by atoms with Crippen LogP contribution < -0.4 is 11.5 Å². The zero-order valence-electron chi connectivity index (χ0n) is 10.7. The quantitative estimate of drug-likeness (QED) is 0.807. The minimum atomic E-state index is -0.561. The number of rotatable bonds is 2. The lowest BCUT2D eigenvalue weighted by Gasteiger charge is -2.05. The summed E-state index contributed by atoms with van der Waals surface area (Å²) >= 11 is 0. The molecule has 0 radical (unpaired) electrons. The molecule has 6 nitrogen and oxygen atoms in total. The number of carbonyl (C=O) groups is 2. The first-order valence-corrected chi connectivity index (χ1v) is 6.32. The minimum Gasteiger partial charge on any atom is -0.383 e. The van der Waals surface area contributed by atoms with Crippen LogP contribution in [0.4, 0.5) is 5.82 Å². The van der Waals surface area contributed by atoms with Crippen LogP contribution in [-0.4, -0.2) is 21.5 Å². The highest BCUT2D eigenvalue weighted by Crippen LogP contribution is 2.45. The van der Waals surface area contributed by atoms with Gasteiger partial charge in [-0.05, 0) is 23.8 Å². The number of nitrogens with zero attached hydrogens (tertiary/aromatic N) is 2. The third-order valence-electron chi connectivity index (χ3n) is 4.10. The molecule has 0 spiro atoms. The van der Waals surface area contributed by atoms with Crippen LogP contribution >= 0.6 is 0 Å². The molecule has 1 aromatic rings. The lowest BCUT2D eigenvalue weighted by atomic mass is 9.98. The molecule has 6 heteroatoms. The first kappa shape index (κ1) is 12.0. The average Bonchev–Trinajstić information content (AvgIpc) is 2.91. The van der Waals surface area contributed by atoms with E-state index in [1.807, 2.05) is 0 Å². The number of carbonyl (C=O) groups excluding carboxylic acids is 2. The highest BCUT2D eigenvalue weighted by molar-refractivity contribution is 6.02. The van der Waals surface area contributed by atoms with Gasteiger partial charge in [0.2, 0.25) is 0 Å². The van der Waals surface area contributed by atoms with E-state index in [9.17, 15) is 9.59 Å². The van der Waals surface area contributed by atoms with Crippen LogP contribution in [0.5, 0.6) is 0 Å². The number of nitrogen functional groups attached to an aromatic ring is 1. The van der Waals surface area contributed by atoms with Crippen molar-refractivity contribution in [2.24, 2.45) is 24.6 Å². The number of aryl methyl sites for hydroxylation is 1. The molecule has 0 aromatic carbocycles. The number of ketones is 1. The van der Waals surface area contributed by atoms with Gasteiger partial charge in [0.05, 0.1) is 0 Å². The largest absolute Gasteiger partial charge is 0.383 e. The van der Waals surface area contributed by atoms with Gasteiger partial charge < -0.3 is 11.5 Å². The maximum Gasteiger partial charge on any atom is 0.254 e. The second-order valence-corrected chi connectivity index (χ2v) is 5.36. The van der Waals surface area contributed by atoms with Crippen LogP contribution in [0.1, 0.15) is 35.3 Å². The van der Waals surface area contributed by atoms with Gasteiger partial charge in [-0.25, -0.2) is 0 Å². The number of fused-ring (bicyclic) bond motifs is 1. The van der Waals surface area contributed by atoms with E-state index >= 15 is 0 Å². The molecular formula is C13H16N4O2. The maximum atomic E-state index is 11.5. The molecule has 2 aliphatic carbocycles. The van der Waals surface area contributed by atoms with Gasteiger partial charge in [0.15, 0.2) is 0 Å². The molecule has 2 atom stereocenters. The normalized spacial score (nSPS) is 25.5. The smallest absolute Gasteiger partial charge is 0.254 e. The summed E-state index contributed by atoms with van der Waals surface area (Å²) in [6.45, 7) is 0. The zero-order chi connectivity index (χ0) is 13.7. The molecule has 1 amide bonds. The topological polar surface area (TPSA) is 104 Å². The summed E-state index contributed by atoms with van der Waals surface area (Å²) < 4.78 is 1.47. The number of Topliss-reactive ketones (excluding diaryl/α,β-unsaturated/α-hetero) is 1. The second kappa shape index (κ2) is 3.94. The predicted molar refractivity (Wildman–Crippen MR) is 70.0 cm³/mol. The Bertz CT molecular complexity index is 614. The van der Waals surface area contributed by atoms with Crippen molar-refractivity contribution >= 4 is 23.1 Å². The van der Waals surface area contributed by atoms with E-state index in [0.717, 1.165) is 12.0 Å². The Balaban J connectivity index is 2.01. The molecule has 0 bridgehead atoms. The summed E-state index contributed by atoms with van der Waals surface area (Å²) in [5.74, 6) is 0.685. The van der Waals surface area contributed by atoms with Crippen molar-refractivity contribution in [2.45, 2.75) is 19.3 Å². The standard InChI is InChI=1S/C13H16N4O2/c1-17-12(14)10(13(15)19)11(16-17)8-2-6-4-9(18)5-7(6)3-8/h2,6-7H,3-5,14H2,1H3,(H2,15,19). The highest BCUT2D eigenvalue weighted by atomic mass is 16.1. The average molecular weight is 260 g/mol. The fourth-order valence-electron chi connectivity index (χ4n) is 3.16. The van der Waals surface area contributed by atoms with Gasteiger partial charge in [-0.15, -0.1) is 0 Å². The number of amides is 1. The van der Waals surface area contributed by atoms with Gasteiger partial charge in [0, 0.05) is 19.9 Å². The van der Waals surface area contributed by atoms with Crippen molar-refractivity contribution in [1.29, 1.82) is 0 Å². The third-order valence-corrected chi connectivity index (χ3v) is 4.10. The van der Waals surface area contributed by atoms with Crippen LogP contribution in [0.2, 0.25) is 0 Å². The molecule has 4 N–H and O–H groups in total. The van der Waals surface area contributed by atoms with E-state index in [2.05, 4.69) is 11.2 Å². The Labute approximate surface area is 110 Å². The van der Waals surface area contributed by atoms with Crippen molar-refractivity contribution in [3.05, 3.63) is 17.3 Å². The number of hydrogen-bond acceptors (Lipinski definition) is 4. The number of allylic oxidation sites excluding steroid dienone is 2. The molecule has 2 aliphatic rings. The van der Waals surface area contributed by atoms with Gasteiger partial charge in [0.25, 0.3) is 5.91 Å². The molecule has 3 rings (SSSR count). The van der Waals surface area contributed by atoms with Crippen molar-refractivity contribution in [3.63, 3.8) is 0 Å². The van der Waals surface area contributed by atoms with E-state index in [4.69, 9.17) is 11.5 Å². The zero-order valence-corrected chi connectivity index (χ0v) is 10.7. The van der Waals surface area contributed by atoms with Crippen molar-refractivity contribution < 1.29 is 9.59 Å². The van der Waals surface area contributed by atoms with Crippen LogP contribution in [0.3, 0.4) is 0 Å². The summed E-state index contributed by atoms with van der Waals surface area (Å²) in [6, 6.07) is 0. The van der Waals surface area contributed by atoms with E-state index < -0.39 is 5.91 Å². The monoisotopic (exact) mass is 260 g/mol. The highest BCUT2D eigenvalue weighted by Gasteiger charge is 2.38. The van der Waals surface area contributed by atoms with E-state index in [1.165, 1.54) is 4.68 Å². The van der Waals surface area contributed by atoms with Crippen LogP contribution in [0.25, 0.3) is 5.57 Å². The van der Waals surface area contributed by atoms with Crippen molar-refractivity contribution in [3.8, 4) is 0 Å². The summed E-state index contributed by atoms with van der Waals surface area (Å²) in [5, 5.41) is 4.30. The van der Waals surface area contributed by atoms with Gasteiger partial charge >= 0.3 is 0 Å². The van der Waals surface area contributed by atoms with E-state index in [1.54, 1.807) is 7.05 Å². The van der Waals surface area contributed by atoms with Crippen LogP contribution in [-0.2, 0) is 11.8 Å². The molecule has 100 valence electrons. The maximum absolute atomic E-state index is 11.5. The van der Waals surface area contributed by atoms with Crippen molar-refractivity contribution in [2.75, 3.05) is 5.73 Å². The Morgan fingerprint density at radius 3 is 2.79 bits per heavy atom. The number of aromatic nitrogens is 2. The molecule has 2 unspecified atom stereocenters. The molecule has 1 fully saturated rings. The molecule has 0 aliphatic heterocycles. The van der Waals surface area contributed by atoms with Gasteiger partial charge in [-0.2, -0.15) is 5.10 Å². The minimum absolute atomic E-state index is 0.284. The Kier molecular flexibility index (Phi) is 2.48. The first-order valence-electron chi connectivity index (χ1n) is 6.32. The fourth-order valence-corrected chi connectivity index (χ4v) is 3.16. The summed E-state index contributed by atoms with van der Waals surface area (Å²) in [6.07, 6.45) is 4.05. The van der Waals surface area contributed by atoms with Gasteiger partial charge in [-0.3, -0.25) is 14.3 Å². The summed E-state index contributed by atoms with van der Waals surface area (Å²) in [4.78, 5) is 22.9. The Morgan fingerprint density at radius 1 is 1.42 bits per heavy atom. The van der Waals surface area contributed by atoms with E-state index in [-0.39, 0.29) is 11.7 Å². The molecular weight excluding hydrogens is 244 g/mol.